The molecule has 0 amide bonds. The van der Waals surface area contributed by atoms with Gasteiger partial charge in [0, 0.05) is 26.2 Å². The molecule has 1 fully saturated rings. The molecule has 6 nitrogen and oxygen atoms in total. The lowest BCUT2D eigenvalue weighted by Crippen LogP contribution is -2.48. The molecule has 1 heterocycles. The molecular formula is C20H26N2O4S. The van der Waals surface area contributed by atoms with Crippen molar-refractivity contribution in [3.63, 3.8) is 0 Å². The summed E-state index contributed by atoms with van der Waals surface area (Å²) in [5.41, 5.74) is 2.16. The van der Waals surface area contributed by atoms with E-state index in [4.69, 9.17) is 9.47 Å². The minimum atomic E-state index is -3.50. The minimum absolute atomic E-state index is 0.299. The van der Waals surface area contributed by atoms with E-state index >= 15 is 0 Å². The molecule has 0 bridgehead atoms. The molecule has 0 aliphatic carbocycles. The lowest BCUT2D eigenvalue weighted by Gasteiger charge is -2.36. The van der Waals surface area contributed by atoms with Crippen molar-refractivity contribution in [2.45, 2.75) is 18.7 Å². The average Bonchev–Trinajstić information content (AvgIpc) is 2.69. The van der Waals surface area contributed by atoms with Crippen LogP contribution in [0.3, 0.4) is 0 Å². The molecule has 2 aromatic rings. The maximum absolute atomic E-state index is 12.9. The Balaban J connectivity index is 1.72. The van der Waals surface area contributed by atoms with Crippen LogP contribution >= 0.6 is 0 Å². The van der Waals surface area contributed by atoms with Crippen molar-refractivity contribution in [3.8, 4) is 11.5 Å². The first-order valence-corrected chi connectivity index (χ1v) is 10.5. The van der Waals surface area contributed by atoms with E-state index in [1.54, 1.807) is 35.7 Å². The zero-order valence-corrected chi connectivity index (χ0v) is 16.8. The topological polar surface area (TPSA) is 59.1 Å². The highest BCUT2D eigenvalue weighted by atomic mass is 32.2. The van der Waals surface area contributed by atoms with Crippen LogP contribution in [0.5, 0.6) is 11.5 Å². The Labute approximate surface area is 161 Å². The van der Waals surface area contributed by atoms with Gasteiger partial charge in [-0.3, -0.25) is 0 Å². The normalized spacial score (nSPS) is 15.6. The van der Waals surface area contributed by atoms with Crippen molar-refractivity contribution < 1.29 is 17.9 Å². The van der Waals surface area contributed by atoms with E-state index < -0.39 is 10.0 Å². The summed E-state index contributed by atoms with van der Waals surface area (Å²) in [6, 6.07) is 12.7. The second kappa shape index (κ2) is 8.19. The third-order valence-corrected chi connectivity index (χ3v) is 6.60. The minimum Gasteiger partial charge on any atom is -0.495 e. The highest BCUT2D eigenvalue weighted by Crippen LogP contribution is 2.31. The number of ether oxygens (including phenoxy) is 2. The van der Waals surface area contributed by atoms with Crippen LogP contribution in [0.15, 0.2) is 47.4 Å². The zero-order valence-electron chi connectivity index (χ0n) is 16.0. The van der Waals surface area contributed by atoms with Crippen LogP contribution in [0, 0.1) is 6.92 Å². The molecule has 0 spiro atoms. The van der Waals surface area contributed by atoms with Crippen LogP contribution in [0.4, 0.5) is 5.69 Å². The third-order valence-electron chi connectivity index (χ3n) is 4.69. The first-order valence-electron chi connectivity index (χ1n) is 9.08. The first kappa shape index (κ1) is 19.5. The number of aryl methyl sites for hydroxylation is 1. The molecule has 27 heavy (non-hydrogen) atoms. The van der Waals surface area contributed by atoms with Crippen LogP contribution in [-0.4, -0.2) is 52.6 Å². The van der Waals surface area contributed by atoms with E-state index in [9.17, 15) is 8.42 Å². The predicted molar refractivity (Wildman–Crippen MR) is 106 cm³/mol. The standard InChI is InChI=1S/C20H26N2O4S/c1-4-26-17-6-8-18(9-7-17)27(23,24)22-13-11-21(12-14-22)19-15-16(2)5-10-20(19)25-3/h5-10,15H,4,11-14H2,1-3H3. The number of sulfonamides is 1. The second-order valence-electron chi connectivity index (χ2n) is 6.47. The lowest BCUT2D eigenvalue weighted by molar-refractivity contribution is 0.340. The van der Waals surface area contributed by atoms with Crippen molar-refractivity contribution in [1.29, 1.82) is 0 Å². The summed E-state index contributed by atoms with van der Waals surface area (Å²) in [4.78, 5) is 2.48. The van der Waals surface area contributed by atoms with Crippen molar-refractivity contribution >= 4 is 15.7 Å². The van der Waals surface area contributed by atoms with E-state index in [-0.39, 0.29) is 0 Å². The molecule has 3 rings (SSSR count). The fraction of sp³-hybridized carbons (Fsp3) is 0.400. The highest BCUT2D eigenvalue weighted by Gasteiger charge is 2.29. The lowest BCUT2D eigenvalue weighted by atomic mass is 10.1. The summed E-state index contributed by atoms with van der Waals surface area (Å²) < 4.78 is 38.2. The molecule has 0 N–H and O–H groups in total. The summed E-state index contributed by atoms with van der Waals surface area (Å²) in [5, 5.41) is 0. The van der Waals surface area contributed by atoms with Gasteiger partial charge in [0.2, 0.25) is 10.0 Å². The summed E-state index contributed by atoms with van der Waals surface area (Å²) in [6.07, 6.45) is 0. The number of hydrogen-bond acceptors (Lipinski definition) is 5. The van der Waals surface area contributed by atoms with Gasteiger partial charge in [-0.05, 0) is 55.8 Å². The molecule has 0 radical (unpaired) electrons. The first-order chi connectivity index (χ1) is 13.0. The maximum atomic E-state index is 12.9. The summed E-state index contributed by atoms with van der Waals surface area (Å²) in [5.74, 6) is 1.48. The average molecular weight is 391 g/mol. The quantitative estimate of drug-likeness (QED) is 0.759. The number of anilines is 1. The predicted octanol–water partition coefficient (Wildman–Crippen LogP) is 2.91. The molecule has 2 aromatic carbocycles. The van der Waals surface area contributed by atoms with Crippen molar-refractivity contribution in [2.75, 3.05) is 44.8 Å². The molecule has 1 saturated heterocycles. The Morgan fingerprint density at radius 3 is 2.26 bits per heavy atom. The van der Waals surface area contributed by atoms with Gasteiger partial charge in [0.1, 0.15) is 11.5 Å². The zero-order chi connectivity index (χ0) is 19.4. The van der Waals surface area contributed by atoms with Crippen LogP contribution in [-0.2, 0) is 10.0 Å². The van der Waals surface area contributed by atoms with Crippen molar-refractivity contribution in [3.05, 3.63) is 48.0 Å². The van der Waals surface area contributed by atoms with E-state index in [2.05, 4.69) is 11.0 Å². The van der Waals surface area contributed by atoms with Crippen LogP contribution in [0.1, 0.15) is 12.5 Å². The van der Waals surface area contributed by atoms with E-state index in [0.29, 0.717) is 43.4 Å². The Bertz CT molecular complexity index is 873. The molecule has 0 saturated carbocycles. The number of benzene rings is 2. The van der Waals surface area contributed by atoms with Gasteiger partial charge in [0.25, 0.3) is 0 Å². The Morgan fingerprint density at radius 1 is 1.00 bits per heavy atom. The Morgan fingerprint density at radius 2 is 1.67 bits per heavy atom. The summed E-state index contributed by atoms with van der Waals surface area (Å²) in [6.45, 7) is 6.60. The highest BCUT2D eigenvalue weighted by molar-refractivity contribution is 7.89. The van der Waals surface area contributed by atoms with Gasteiger partial charge in [-0.25, -0.2) is 8.42 Å². The second-order valence-corrected chi connectivity index (χ2v) is 8.41. The number of piperazine rings is 1. The third kappa shape index (κ3) is 4.20. The molecule has 0 unspecified atom stereocenters. The van der Waals surface area contributed by atoms with Gasteiger partial charge in [0.05, 0.1) is 24.3 Å². The molecule has 1 aliphatic rings. The Hall–Kier alpha value is -2.25. The van der Waals surface area contributed by atoms with Gasteiger partial charge in [0.15, 0.2) is 0 Å². The monoisotopic (exact) mass is 390 g/mol. The number of methoxy groups -OCH3 is 1. The van der Waals surface area contributed by atoms with Crippen LogP contribution in [0.2, 0.25) is 0 Å². The number of nitrogens with zero attached hydrogens (tertiary/aromatic N) is 2. The van der Waals surface area contributed by atoms with Gasteiger partial charge in [-0.1, -0.05) is 6.07 Å². The smallest absolute Gasteiger partial charge is 0.243 e. The van der Waals surface area contributed by atoms with Crippen LogP contribution in [0.25, 0.3) is 0 Å². The van der Waals surface area contributed by atoms with Gasteiger partial charge in [-0.15, -0.1) is 0 Å². The van der Waals surface area contributed by atoms with Crippen molar-refractivity contribution in [1.82, 2.24) is 4.31 Å². The van der Waals surface area contributed by atoms with Crippen molar-refractivity contribution in [2.24, 2.45) is 0 Å². The molecular weight excluding hydrogens is 364 g/mol. The fourth-order valence-electron chi connectivity index (χ4n) is 3.24. The molecule has 146 valence electrons. The maximum Gasteiger partial charge on any atom is 0.243 e. The van der Waals surface area contributed by atoms with E-state index in [1.165, 1.54) is 0 Å². The SMILES string of the molecule is CCOc1ccc(S(=O)(=O)N2CCN(c3cc(C)ccc3OC)CC2)cc1. The van der Waals surface area contributed by atoms with Gasteiger partial charge < -0.3 is 14.4 Å². The van der Waals surface area contributed by atoms with Gasteiger partial charge in [-0.2, -0.15) is 4.31 Å². The summed E-state index contributed by atoms with van der Waals surface area (Å²) in [7, 11) is -1.85. The molecule has 1 aliphatic heterocycles. The molecule has 7 heteroatoms. The Kier molecular flexibility index (Phi) is 5.92. The fourth-order valence-corrected chi connectivity index (χ4v) is 4.66. The number of hydrogen-bond donors (Lipinski definition) is 0. The van der Waals surface area contributed by atoms with E-state index in [1.807, 2.05) is 26.0 Å². The van der Waals surface area contributed by atoms with E-state index in [0.717, 1.165) is 17.0 Å². The van der Waals surface area contributed by atoms with Gasteiger partial charge >= 0.3 is 0 Å². The molecule has 0 atom stereocenters. The van der Waals surface area contributed by atoms with Crippen LogP contribution < -0.4 is 14.4 Å². The number of rotatable bonds is 6. The molecule has 0 aromatic heterocycles. The summed E-state index contributed by atoms with van der Waals surface area (Å²) >= 11 is 0. The largest absolute Gasteiger partial charge is 0.495 e.